The third-order valence-electron chi connectivity index (χ3n) is 6.33. The van der Waals surface area contributed by atoms with Crippen molar-refractivity contribution in [1.29, 1.82) is 0 Å². The number of amides is 2. The number of rotatable bonds is 5. The van der Waals surface area contributed by atoms with Gasteiger partial charge in [0.05, 0.1) is 16.8 Å². The molecule has 164 valence electrons. The molecule has 0 radical (unpaired) electrons. The highest BCUT2D eigenvalue weighted by atomic mass is 35.5. The van der Waals surface area contributed by atoms with Crippen LogP contribution >= 0.6 is 11.6 Å². The average Bonchev–Trinajstić information content (AvgIpc) is 3.19. The van der Waals surface area contributed by atoms with Crippen LogP contribution in [-0.4, -0.2) is 39.6 Å². The van der Waals surface area contributed by atoms with Crippen LogP contribution in [0.1, 0.15) is 50.3 Å². The molecule has 1 aliphatic carbocycles. The number of carbonyl (C=O) groups is 2. The van der Waals surface area contributed by atoms with E-state index < -0.39 is 11.8 Å². The molecule has 1 aromatic heterocycles. The van der Waals surface area contributed by atoms with E-state index in [1.54, 1.807) is 31.3 Å². The molecule has 4 rings (SSSR count). The van der Waals surface area contributed by atoms with E-state index in [-0.39, 0.29) is 22.7 Å². The van der Waals surface area contributed by atoms with Crippen LogP contribution < -0.4 is 10.5 Å². The van der Waals surface area contributed by atoms with Gasteiger partial charge in [-0.3, -0.25) is 24.2 Å². The minimum Gasteiger partial charge on any atom is -0.366 e. The number of anilines is 1. The van der Waals surface area contributed by atoms with Crippen LogP contribution in [-0.2, 0) is 23.1 Å². The van der Waals surface area contributed by atoms with Crippen molar-refractivity contribution in [2.24, 2.45) is 7.05 Å². The van der Waals surface area contributed by atoms with Gasteiger partial charge in [-0.1, -0.05) is 43.9 Å². The number of aromatic amines is 1. The Morgan fingerprint density at radius 1 is 1.13 bits per heavy atom. The van der Waals surface area contributed by atoms with Gasteiger partial charge in [0.15, 0.2) is 0 Å². The number of likely N-dealkylation sites (N-methyl/N-ethyl adjacent to an activating group) is 1. The third kappa shape index (κ3) is 3.61. The summed E-state index contributed by atoms with van der Waals surface area (Å²) in [5.74, 6) is -0.906. The number of imide groups is 1. The number of aromatic nitrogens is 2. The predicted octanol–water partition coefficient (Wildman–Crippen LogP) is 3.48. The number of H-pyrrole nitrogens is 1. The summed E-state index contributed by atoms with van der Waals surface area (Å²) < 4.78 is 1.36. The number of hydrogen-bond donors (Lipinski definition) is 1. The molecule has 2 heterocycles. The van der Waals surface area contributed by atoms with Gasteiger partial charge in [-0.2, -0.15) is 0 Å². The molecule has 31 heavy (non-hydrogen) atoms. The van der Waals surface area contributed by atoms with Gasteiger partial charge in [0.2, 0.25) is 0 Å². The SMILES string of the molecule is CCc1[nH]n(C)c(=O)c1C1=C(N(C)C2CCCCC2)C(=O)N(c2cccc(Cl)c2)C1=O. The lowest BCUT2D eigenvalue weighted by molar-refractivity contribution is -0.120. The Bertz CT molecular complexity index is 1120. The molecule has 2 aliphatic rings. The van der Waals surface area contributed by atoms with Gasteiger partial charge in [0.25, 0.3) is 17.4 Å². The first-order valence-corrected chi connectivity index (χ1v) is 11.1. The summed E-state index contributed by atoms with van der Waals surface area (Å²) >= 11 is 6.14. The number of carbonyl (C=O) groups excluding carboxylic acids is 2. The Kier molecular flexibility index (Phi) is 5.79. The van der Waals surface area contributed by atoms with Crippen molar-refractivity contribution in [3.63, 3.8) is 0 Å². The quantitative estimate of drug-likeness (QED) is 0.719. The minimum atomic E-state index is -0.490. The van der Waals surface area contributed by atoms with E-state index in [9.17, 15) is 14.4 Å². The zero-order valence-electron chi connectivity index (χ0n) is 18.1. The van der Waals surface area contributed by atoms with Crippen molar-refractivity contribution in [1.82, 2.24) is 14.7 Å². The molecule has 1 aliphatic heterocycles. The Balaban J connectivity index is 1.90. The van der Waals surface area contributed by atoms with Crippen molar-refractivity contribution in [2.75, 3.05) is 11.9 Å². The topological polar surface area (TPSA) is 78.4 Å². The number of benzene rings is 1. The molecule has 2 amide bonds. The lowest BCUT2D eigenvalue weighted by atomic mass is 9.93. The molecule has 1 N–H and O–H groups in total. The third-order valence-corrected chi connectivity index (χ3v) is 6.56. The number of halogens is 1. The fourth-order valence-corrected chi connectivity index (χ4v) is 4.88. The molecule has 0 spiro atoms. The second kappa shape index (κ2) is 8.38. The molecular weight excluding hydrogens is 416 g/mol. The van der Waals surface area contributed by atoms with E-state index in [0.717, 1.165) is 30.6 Å². The molecule has 8 heteroatoms. The number of aryl methyl sites for hydroxylation is 2. The summed E-state index contributed by atoms with van der Waals surface area (Å²) in [6.07, 6.45) is 5.80. The number of hydrogen-bond acceptors (Lipinski definition) is 4. The first-order valence-electron chi connectivity index (χ1n) is 10.7. The van der Waals surface area contributed by atoms with Crippen molar-refractivity contribution < 1.29 is 9.59 Å². The normalized spacial score (nSPS) is 17.7. The van der Waals surface area contributed by atoms with Crippen LogP contribution in [0.2, 0.25) is 5.02 Å². The van der Waals surface area contributed by atoms with Crippen LogP contribution in [0.25, 0.3) is 5.57 Å². The largest absolute Gasteiger partial charge is 0.366 e. The summed E-state index contributed by atoms with van der Waals surface area (Å²) in [6, 6.07) is 6.82. The van der Waals surface area contributed by atoms with Crippen LogP contribution in [0.5, 0.6) is 0 Å². The predicted molar refractivity (Wildman–Crippen MR) is 121 cm³/mol. The van der Waals surface area contributed by atoms with E-state index in [1.807, 2.05) is 18.9 Å². The molecule has 7 nitrogen and oxygen atoms in total. The molecule has 1 fully saturated rings. The van der Waals surface area contributed by atoms with E-state index in [1.165, 1.54) is 11.1 Å². The first kappa shape index (κ1) is 21.4. The zero-order valence-corrected chi connectivity index (χ0v) is 18.8. The average molecular weight is 443 g/mol. The summed E-state index contributed by atoms with van der Waals surface area (Å²) in [6.45, 7) is 1.91. The fourth-order valence-electron chi connectivity index (χ4n) is 4.69. The Morgan fingerprint density at radius 3 is 2.48 bits per heavy atom. The van der Waals surface area contributed by atoms with Crippen molar-refractivity contribution in [2.45, 2.75) is 51.5 Å². The molecule has 1 saturated carbocycles. The van der Waals surface area contributed by atoms with E-state index in [2.05, 4.69) is 5.10 Å². The molecule has 0 atom stereocenters. The van der Waals surface area contributed by atoms with E-state index in [0.29, 0.717) is 28.5 Å². The van der Waals surface area contributed by atoms with Crippen LogP contribution in [0.3, 0.4) is 0 Å². The van der Waals surface area contributed by atoms with Gasteiger partial charge in [-0.05, 0) is 37.5 Å². The van der Waals surface area contributed by atoms with Gasteiger partial charge in [-0.15, -0.1) is 0 Å². The van der Waals surface area contributed by atoms with Gasteiger partial charge in [0, 0.05) is 30.9 Å². The maximum Gasteiger partial charge on any atom is 0.282 e. The highest BCUT2D eigenvalue weighted by molar-refractivity contribution is 6.45. The van der Waals surface area contributed by atoms with Crippen molar-refractivity contribution in [3.8, 4) is 0 Å². The van der Waals surface area contributed by atoms with Crippen LogP contribution in [0.4, 0.5) is 5.69 Å². The molecule has 0 bridgehead atoms. The Morgan fingerprint density at radius 2 is 1.84 bits per heavy atom. The fraction of sp³-hybridized carbons (Fsp3) is 0.435. The maximum atomic E-state index is 13.7. The molecule has 0 unspecified atom stereocenters. The number of nitrogens with zero attached hydrogens (tertiary/aromatic N) is 3. The Labute approximate surface area is 186 Å². The summed E-state index contributed by atoms with van der Waals surface area (Å²) in [5.41, 5.74) is 1.49. The maximum absolute atomic E-state index is 13.7. The first-order chi connectivity index (χ1) is 14.8. The van der Waals surface area contributed by atoms with Crippen LogP contribution in [0.15, 0.2) is 34.8 Å². The minimum absolute atomic E-state index is 0.155. The lowest BCUT2D eigenvalue weighted by Crippen LogP contribution is -2.38. The van der Waals surface area contributed by atoms with Crippen molar-refractivity contribution >= 4 is 34.7 Å². The molecule has 2 aromatic rings. The van der Waals surface area contributed by atoms with Gasteiger partial charge < -0.3 is 4.90 Å². The summed E-state index contributed by atoms with van der Waals surface area (Å²) in [4.78, 5) is 43.4. The standard InChI is InChI=1S/C23H27ClN4O3/c1-4-17-18(21(29)27(3)25-17)19-20(26(2)15-10-6-5-7-11-15)23(31)28(22(19)30)16-12-8-9-14(24)13-16/h8-9,12-13,15,25H,4-7,10-11H2,1-3H3. The van der Waals surface area contributed by atoms with E-state index >= 15 is 0 Å². The second-order valence-electron chi connectivity index (χ2n) is 8.24. The summed E-state index contributed by atoms with van der Waals surface area (Å²) in [7, 11) is 3.48. The molecule has 0 saturated heterocycles. The van der Waals surface area contributed by atoms with E-state index in [4.69, 9.17) is 11.6 Å². The monoisotopic (exact) mass is 442 g/mol. The highest BCUT2D eigenvalue weighted by Gasteiger charge is 2.45. The molecular formula is C23H27ClN4O3. The van der Waals surface area contributed by atoms with Gasteiger partial charge in [-0.25, -0.2) is 4.90 Å². The smallest absolute Gasteiger partial charge is 0.282 e. The lowest BCUT2D eigenvalue weighted by Gasteiger charge is -2.33. The van der Waals surface area contributed by atoms with Gasteiger partial charge in [0.1, 0.15) is 5.70 Å². The number of nitrogens with one attached hydrogen (secondary N) is 1. The van der Waals surface area contributed by atoms with Crippen LogP contribution in [0, 0.1) is 0 Å². The zero-order chi connectivity index (χ0) is 22.3. The van der Waals surface area contributed by atoms with Crippen molar-refractivity contribution in [3.05, 3.63) is 56.6 Å². The molecule has 1 aromatic carbocycles. The summed E-state index contributed by atoms with van der Waals surface area (Å²) in [5, 5.41) is 3.46. The van der Waals surface area contributed by atoms with Gasteiger partial charge >= 0.3 is 0 Å². The second-order valence-corrected chi connectivity index (χ2v) is 8.67. The Hall–Kier alpha value is -2.80. The highest BCUT2D eigenvalue weighted by Crippen LogP contribution is 2.37.